The van der Waals surface area contributed by atoms with E-state index in [1.165, 1.54) is 19.2 Å². The van der Waals surface area contributed by atoms with Gasteiger partial charge in [-0.25, -0.2) is 4.39 Å². The molecule has 0 unspecified atom stereocenters. The van der Waals surface area contributed by atoms with E-state index in [0.29, 0.717) is 30.0 Å². The molecule has 0 aromatic heterocycles. The van der Waals surface area contributed by atoms with Crippen LogP contribution in [0.4, 0.5) is 4.39 Å². The van der Waals surface area contributed by atoms with Gasteiger partial charge in [0.2, 0.25) is 0 Å². The van der Waals surface area contributed by atoms with Crippen LogP contribution in [0.2, 0.25) is 0 Å². The predicted octanol–water partition coefficient (Wildman–Crippen LogP) is 2.82. The van der Waals surface area contributed by atoms with E-state index < -0.39 is 0 Å². The van der Waals surface area contributed by atoms with Crippen LogP contribution in [0.15, 0.2) is 42.5 Å². The number of hydrogen-bond donors (Lipinski definition) is 1. The monoisotopic (exact) mass is 303 g/mol. The molecule has 0 fully saturated rings. The molecule has 0 spiro atoms. The van der Waals surface area contributed by atoms with Gasteiger partial charge in [0.25, 0.3) is 5.91 Å². The maximum Gasteiger partial charge on any atom is 0.251 e. The summed E-state index contributed by atoms with van der Waals surface area (Å²) in [4.78, 5) is 12.0. The van der Waals surface area contributed by atoms with Crippen molar-refractivity contribution in [1.82, 2.24) is 5.32 Å². The molecule has 0 saturated heterocycles. The molecule has 0 radical (unpaired) electrons. The highest BCUT2D eigenvalue weighted by Crippen LogP contribution is 2.19. The van der Waals surface area contributed by atoms with Gasteiger partial charge in [-0.15, -0.1) is 0 Å². The molecule has 0 heterocycles. The second-order valence-corrected chi connectivity index (χ2v) is 4.69. The normalized spacial score (nSPS) is 10.1. The molecule has 116 valence electrons. The van der Waals surface area contributed by atoms with Crippen LogP contribution < -0.4 is 14.8 Å². The smallest absolute Gasteiger partial charge is 0.251 e. The fraction of sp³-hybridized carbons (Fsp3) is 0.235. The zero-order chi connectivity index (χ0) is 15.9. The first kappa shape index (κ1) is 15.8. The molecule has 0 bridgehead atoms. The molecule has 0 aliphatic carbocycles. The van der Waals surface area contributed by atoms with Crippen molar-refractivity contribution in [2.24, 2.45) is 0 Å². The summed E-state index contributed by atoms with van der Waals surface area (Å²) in [6.45, 7) is 0.394. The summed E-state index contributed by atoms with van der Waals surface area (Å²) in [7, 11) is 3.11. The quantitative estimate of drug-likeness (QED) is 0.892. The summed E-state index contributed by atoms with van der Waals surface area (Å²) in [5.74, 6) is 0.802. The van der Waals surface area contributed by atoms with Gasteiger partial charge >= 0.3 is 0 Å². The Balaban J connectivity index is 1.92. The van der Waals surface area contributed by atoms with Crippen molar-refractivity contribution in [2.45, 2.75) is 6.42 Å². The number of hydrogen-bond acceptors (Lipinski definition) is 3. The van der Waals surface area contributed by atoms with Crippen LogP contribution in [-0.2, 0) is 6.42 Å². The van der Waals surface area contributed by atoms with Gasteiger partial charge in [-0.1, -0.05) is 0 Å². The third kappa shape index (κ3) is 3.97. The van der Waals surface area contributed by atoms with Crippen molar-refractivity contribution in [1.29, 1.82) is 0 Å². The van der Waals surface area contributed by atoms with E-state index in [4.69, 9.17) is 9.47 Å². The molecule has 22 heavy (non-hydrogen) atoms. The Labute approximate surface area is 128 Å². The van der Waals surface area contributed by atoms with E-state index in [9.17, 15) is 9.18 Å². The molecule has 4 nitrogen and oxygen atoms in total. The minimum absolute atomic E-state index is 0.182. The van der Waals surface area contributed by atoms with Gasteiger partial charge in [0, 0.05) is 12.1 Å². The van der Waals surface area contributed by atoms with Crippen molar-refractivity contribution >= 4 is 5.91 Å². The van der Waals surface area contributed by atoms with Gasteiger partial charge in [-0.3, -0.25) is 4.79 Å². The Kier molecular flexibility index (Phi) is 5.36. The van der Waals surface area contributed by atoms with Crippen LogP contribution in [0.3, 0.4) is 0 Å². The highest BCUT2D eigenvalue weighted by molar-refractivity contribution is 5.94. The van der Waals surface area contributed by atoms with Gasteiger partial charge in [0.15, 0.2) is 0 Å². The Hall–Kier alpha value is -2.56. The summed E-state index contributed by atoms with van der Waals surface area (Å²) in [6, 6.07) is 11.2. The first-order valence-corrected chi connectivity index (χ1v) is 6.88. The summed E-state index contributed by atoms with van der Waals surface area (Å²) in [5, 5.41) is 2.80. The highest BCUT2D eigenvalue weighted by atomic mass is 19.1. The number of rotatable bonds is 6. The molecule has 0 saturated carbocycles. The Morgan fingerprint density at radius 2 is 1.82 bits per heavy atom. The molecule has 2 aromatic carbocycles. The van der Waals surface area contributed by atoms with Crippen LogP contribution >= 0.6 is 0 Å². The molecule has 1 N–H and O–H groups in total. The molecule has 0 atom stereocenters. The number of nitrogens with one attached hydrogen (secondary N) is 1. The predicted molar refractivity (Wildman–Crippen MR) is 82.0 cm³/mol. The second-order valence-electron chi connectivity index (χ2n) is 4.69. The number of ether oxygens (including phenoxy) is 2. The molecule has 2 aromatic rings. The Morgan fingerprint density at radius 1 is 1.09 bits per heavy atom. The van der Waals surface area contributed by atoms with Gasteiger partial charge in [0.1, 0.15) is 17.3 Å². The second kappa shape index (κ2) is 7.45. The Bertz CT molecular complexity index is 641. The van der Waals surface area contributed by atoms with Crippen molar-refractivity contribution in [3.8, 4) is 11.5 Å². The zero-order valence-electron chi connectivity index (χ0n) is 12.6. The van der Waals surface area contributed by atoms with E-state index in [1.54, 1.807) is 37.4 Å². The fourth-order valence-electron chi connectivity index (χ4n) is 2.10. The van der Waals surface area contributed by atoms with Gasteiger partial charge in [-0.2, -0.15) is 0 Å². The van der Waals surface area contributed by atoms with E-state index in [0.717, 1.165) is 5.56 Å². The lowest BCUT2D eigenvalue weighted by molar-refractivity contribution is 0.0954. The lowest BCUT2D eigenvalue weighted by Gasteiger charge is -2.10. The van der Waals surface area contributed by atoms with Crippen LogP contribution in [0.5, 0.6) is 11.5 Å². The van der Waals surface area contributed by atoms with Crippen LogP contribution in [0, 0.1) is 5.82 Å². The summed E-state index contributed by atoms with van der Waals surface area (Å²) >= 11 is 0. The van der Waals surface area contributed by atoms with Crippen molar-refractivity contribution in [2.75, 3.05) is 20.8 Å². The van der Waals surface area contributed by atoms with Gasteiger partial charge in [-0.05, 0) is 54.4 Å². The number of methoxy groups -OCH3 is 2. The maximum atomic E-state index is 13.3. The van der Waals surface area contributed by atoms with Crippen LogP contribution in [-0.4, -0.2) is 26.7 Å². The molecule has 2 rings (SSSR count). The molecular weight excluding hydrogens is 285 g/mol. The van der Waals surface area contributed by atoms with Gasteiger partial charge in [0.05, 0.1) is 14.2 Å². The number of carbonyl (C=O) groups is 1. The SMILES string of the molecule is COc1ccc(C(=O)NCCc2cc(F)ccc2OC)cc1. The zero-order valence-corrected chi connectivity index (χ0v) is 12.6. The van der Waals surface area contributed by atoms with E-state index in [-0.39, 0.29) is 11.7 Å². The highest BCUT2D eigenvalue weighted by Gasteiger charge is 2.08. The molecule has 1 amide bonds. The largest absolute Gasteiger partial charge is 0.497 e. The fourth-order valence-corrected chi connectivity index (χ4v) is 2.10. The minimum Gasteiger partial charge on any atom is -0.497 e. The number of halogens is 1. The van der Waals surface area contributed by atoms with Crippen molar-refractivity contribution < 1.29 is 18.7 Å². The van der Waals surface area contributed by atoms with E-state index in [2.05, 4.69) is 5.32 Å². The van der Waals surface area contributed by atoms with E-state index in [1.807, 2.05) is 0 Å². The average Bonchev–Trinajstić information content (AvgIpc) is 2.55. The lowest BCUT2D eigenvalue weighted by Crippen LogP contribution is -2.25. The minimum atomic E-state index is -0.322. The van der Waals surface area contributed by atoms with Gasteiger partial charge < -0.3 is 14.8 Å². The maximum absolute atomic E-state index is 13.3. The first-order chi connectivity index (χ1) is 10.6. The molecule has 5 heteroatoms. The number of carbonyl (C=O) groups excluding carboxylic acids is 1. The van der Waals surface area contributed by atoms with Crippen molar-refractivity contribution in [3.63, 3.8) is 0 Å². The number of amides is 1. The van der Waals surface area contributed by atoms with Crippen LogP contribution in [0.25, 0.3) is 0 Å². The summed E-state index contributed by atoms with van der Waals surface area (Å²) in [6.07, 6.45) is 0.489. The topological polar surface area (TPSA) is 47.6 Å². The third-order valence-electron chi connectivity index (χ3n) is 3.27. The summed E-state index contributed by atoms with van der Waals surface area (Å²) in [5.41, 5.74) is 1.27. The van der Waals surface area contributed by atoms with Crippen LogP contribution in [0.1, 0.15) is 15.9 Å². The molecular formula is C17H18FNO3. The standard InChI is InChI=1S/C17H18FNO3/c1-21-15-6-3-12(4-7-15)17(20)19-10-9-13-11-14(18)5-8-16(13)22-2/h3-8,11H,9-10H2,1-2H3,(H,19,20). The average molecular weight is 303 g/mol. The summed E-state index contributed by atoms with van der Waals surface area (Å²) < 4.78 is 23.5. The molecule has 0 aliphatic rings. The first-order valence-electron chi connectivity index (χ1n) is 6.88. The molecule has 0 aliphatic heterocycles. The van der Waals surface area contributed by atoms with Crippen molar-refractivity contribution in [3.05, 3.63) is 59.4 Å². The third-order valence-corrected chi connectivity index (χ3v) is 3.27. The van der Waals surface area contributed by atoms with E-state index >= 15 is 0 Å². The number of benzene rings is 2. The Morgan fingerprint density at radius 3 is 2.45 bits per heavy atom. The lowest BCUT2D eigenvalue weighted by atomic mass is 10.1.